The summed E-state index contributed by atoms with van der Waals surface area (Å²) in [6, 6.07) is 13.9. The van der Waals surface area contributed by atoms with Gasteiger partial charge >= 0.3 is 0 Å². The van der Waals surface area contributed by atoms with E-state index in [4.69, 9.17) is 23.2 Å². The molecule has 2 rings (SSSR count). The van der Waals surface area contributed by atoms with Crippen LogP contribution in [0.5, 0.6) is 0 Å². The summed E-state index contributed by atoms with van der Waals surface area (Å²) >= 11 is 12.5. The van der Waals surface area contributed by atoms with Crippen LogP contribution in [0.25, 0.3) is 0 Å². The number of hydrogen-bond acceptors (Lipinski definition) is 2. The molecule has 0 fully saturated rings. The predicted octanol–water partition coefficient (Wildman–Crippen LogP) is 4.73. The lowest BCUT2D eigenvalue weighted by Crippen LogP contribution is -2.48. The van der Waals surface area contributed by atoms with E-state index in [0.717, 1.165) is 11.1 Å². The maximum Gasteiger partial charge on any atom is 0.242 e. The van der Waals surface area contributed by atoms with Gasteiger partial charge in [0.2, 0.25) is 11.8 Å². The van der Waals surface area contributed by atoms with Crippen LogP contribution in [0.2, 0.25) is 10.0 Å². The van der Waals surface area contributed by atoms with Crippen LogP contribution < -0.4 is 5.32 Å². The molecule has 0 aromatic heterocycles. The molecular formula is C22H26Cl2N2O2. The summed E-state index contributed by atoms with van der Waals surface area (Å²) in [6.07, 6.45) is 0.117. The van der Waals surface area contributed by atoms with E-state index in [9.17, 15) is 9.59 Å². The minimum atomic E-state index is -0.634. The normalized spacial score (nSPS) is 11.9. The van der Waals surface area contributed by atoms with E-state index in [0.29, 0.717) is 22.5 Å². The first-order chi connectivity index (χ1) is 13.3. The number of hydrogen-bond donors (Lipinski definition) is 1. The summed E-state index contributed by atoms with van der Waals surface area (Å²) in [5.74, 6) is -0.0412. The largest absolute Gasteiger partial charge is 0.354 e. The smallest absolute Gasteiger partial charge is 0.242 e. The first-order valence-electron chi connectivity index (χ1n) is 9.33. The minimum absolute atomic E-state index is 0.117. The van der Waals surface area contributed by atoms with Crippen molar-refractivity contribution in [3.05, 3.63) is 69.7 Å². The molecule has 2 aromatic rings. The molecule has 0 saturated heterocycles. The fourth-order valence-electron chi connectivity index (χ4n) is 2.75. The Morgan fingerprint density at radius 1 is 0.929 bits per heavy atom. The van der Waals surface area contributed by atoms with Crippen LogP contribution in [-0.4, -0.2) is 29.3 Å². The molecule has 0 bridgehead atoms. The Balaban J connectivity index is 2.24. The zero-order valence-electron chi connectivity index (χ0n) is 16.4. The van der Waals surface area contributed by atoms with E-state index >= 15 is 0 Å². The van der Waals surface area contributed by atoms with Crippen LogP contribution >= 0.6 is 23.2 Å². The van der Waals surface area contributed by atoms with Crippen molar-refractivity contribution >= 4 is 35.0 Å². The number of halogens is 2. The molecule has 2 amide bonds. The van der Waals surface area contributed by atoms with Gasteiger partial charge in [0.15, 0.2) is 0 Å². The van der Waals surface area contributed by atoms with Crippen molar-refractivity contribution in [2.75, 3.05) is 6.54 Å². The van der Waals surface area contributed by atoms with Crippen molar-refractivity contribution < 1.29 is 9.59 Å². The van der Waals surface area contributed by atoms with Gasteiger partial charge in [-0.25, -0.2) is 0 Å². The van der Waals surface area contributed by atoms with Crippen molar-refractivity contribution in [3.63, 3.8) is 0 Å². The van der Waals surface area contributed by atoms with Crippen LogP contribution in [0.1, 0.15) is 31.9 Å². The molecule has 0 radical (unpaired) electrons. The third kappa shape index (κ3) is 6.25. The van der Waals surface area contributed by atoms with Gasteiger partial charge < -0.3 is 10.2 Å². The SMILES string of the molecule is CC(C)CNC(=O)[C@H](C)N(Cc1ccccc1Cl)C(=O)Cc1ccccc1Cl. The van der Waals surface area contributed by atoms with Gasteiger partial charge in [0.25, 0.3) is 0 Å². The van der Waals surface area contributed by atoms with Gasteiger partial charge in [0.05, 0.1) is 6.42 Å². The third-order valence-corrected chi connectivity index (χ3v) is 5.19. The second-order valence-corrected chi connectivity index (χ2v) is 8.01. The number of carbonyl (C=O) groups excluding carboxylic acids is 2. The van der Waals surface area contributed by atoms with Crippen LogP contribution in [0, 0.1) is 5.92 Å². The highest BCUT2D eigenvalue weighted by Gasteiger charge is 2.27. The summed E-state index contributed by atoms with van der Waals surface area (Å²) in [5, 5.41) is 4.00. The Kier molecular flexibility index (Phi) is 8.34. The van der Waals surface area contributed by atoms with Crippen LogP contribution in [0.15, 0.2) is 48.5 Å². The van der Waals surface area contributed by atoms with Crippen LogP contribution in [-0.2, 0) is 22.6 Å². The van der Waals surface area contributed by atoms with Crippen molar-refractivity contribution in [1.82, 2.24) is 10.2 Å². The standard InChI is InChI=1S/C22H26Cl2N2O2/c1-15(2)13-25-22(28)16(3)26(14-18-9-5-7-11-20(18)24)21(27)12-17-8-4-6-10-19(17)23/h4-11,15-16H,12-14H2,1-3H3,(H,25,28)/t16-/m0/s1. The molecule has 150 valence electrons. The van der Waals surface area contributed by atoms with E-state index in [-0.39, 0.29) is 24.8 Å². The molecule has 2 aromatic carbocycles. The molecule has 0 aliphatic heterocycles. The third-order valence-electron chi connectivity index (χ3n) is 4.45. The second kappa shape index (κ2) is 10.5. The molecule has 0 aliphatic carbocycles. The van der Waals surface area contributed by atoms with E-state index in [2.05, 4.69) is 5.32 Å². The Labute approximate surface area is 176 Å². The van der Waals surface area contributed by atoms with E-state index in [1.54, 1.807) is 24.0 Å². The molecule has 0 spiro atoms. The Morgan fingerprint density at radius 2 is 1.46 bits per heavy atom. The van der Waals surface area contributed by atoms with Crippen molar-refractivity contribution in [2.24, 2.45) is 5.92 Å². The minimum Gasteiger partial charge on any atom is -0.354 e. The summed E-state index contributed by atoms with van der Waals surface area (Å²) in [7, 11) is 0. The summed E-state index contributed by atoms with van der Waals surface area (Å²) < 4.78 is 0. The van der Waals surface area contributed by atoms with Gasteiger partial charge in [-0.1, -0.05) is 73.4 Å². The molecule has 6 heteroatoms. The molecule has 0 unspecified atom stereocenters. The molecule has 4 nitrogen and oxygen atoms in total. The van der Waals surface area contributed by atoms with Crippen molar-refractivity contribution in [2.45, 2.75) is 39.8 Å². The summed E-state index contributed by atoms with van der Waals surface area (Å²) in [5.41, 5.74) is 1.52. The lowest BCUT2D eigenvalue weighted by molar-refractivity contribution is -0.140. The number of carbonyl (C=O) groups is 2. The van der Waals surface area contributed by atoms with E-state index in [1.807, 2.05) is 50.2 Å². The van der Waals surface area contributed by atoms with Gasteiger partial charge in [0.1, 0.15) is 6.04 Å². The van der Waals surface area contributed by atoms with E-state index in [1.165, 1.54) is 0 Å². The average molecular weight is 421 g/mol. The number of nitrogens with zero attached hydrogens (tertiary/aromatic N) is 1. The van der Waals surface area contributed by atoms with Crippen molar-refractivity contribution in [3.8, 4) is 0 Å². The van der Waals surface area contributed by atoms with Gasteiger partial charge in [-0.2, -0.15) is 0 Å². The maximum absolute atomic E-state index is 13.1. The topological polar surface area (TPSA) is 49.4 Å². The van der Waals surface area contributed by atoms with Gasteiger partial charge in [-0.15, -0.1) is 0 Å². The highest BCUT2D eigenvalue weighted by atomic mass is 35.5. The highest BCUT2D eigenvalue weighted by Crippen LogP contribution is 2.21. The van der Waals surface area contributed by atoms with E-state index < -0.39 is 6.04 Å². The first kappa shape index (κ1) is 22.3. The molecule has 1 N–H and O–H groups in total. The Hall–Kier alpha value is -2.04. The molecule has 28 heavy (non-hydrogen) atoms. The maximum atomic E-state index is 13.1. The fraction of sp³-hybridized carbons (Fsp3) is 0.364. The number of rotatable bonds is 8. The lowest BCUT2D eigenvalue weighted by Gasteiger charge is -2.29. The molecular weight excluding hydrogens is 395 g/mol. The number of amides is 2. The fourth-order valence-corrected chi connectivity index (χ4v) is 3.15. The molecule has 0 saturated carbocycles. The number of nitrogens with one attached hydrogen (secondary N) is 1. The lowest BCUT2D eigenvalue weighted by atomic mass is 10.1. The van der Waals surface area contributed by atoms with Gasteiger partial charge in [0, 0.05) is 23.1 Å². The quantitative estimate of drug-likeness (QED) is 0.670. The van der Waals surface area contributed by atoms with Gasteiger partial charge in [-0.05, 0) is 36.1 Å². The average Bonchev–Trinajstić information content (AvgIpc) is 2.66. The van der Waals surface area contributed by atoms with Gasteiger partial charge in [-0.3, -0.25) is 9.59 Å². The molecule has 1 atom stereocenters. The Morgan fingerprint density at radius 3 is 2.00 bits per heavy atom. The zero-order valence-corrected chi connectivity index (χ0v) is 17.9. The molecule has 0 aliphatic rings. The van der Waals surface area contributed by atoms with Crippen LogP contribution in [0.4, 0.5) is 0 Å². The molecule has 0 heterocycles. The Bertz CT molecular complexity index is 824. The predicted molar refractivity (Wildman–Crippen MR) is 114 cm³/mol. The van der Waals surface area contributed by atoms with Crippen molar-refractivity contribution in [1.29, 1.82) is 0 Å². The summed E-state index contributed by atoms with van der Waals surface area (Å²) in [6.45, 7) is 6.59. The second-order valence-electron chi connectivity index (χ2n) is 7.20. The zero-order chi connectivity index (χ0) is 20.7. The number of benzene rings is 2. The van der Waals surface area contributed by atoms with Crippen LogP contribution in [0.3, 0.4) is 0 Å². The first-order valence-corrected chi connectivity index (χ1v) is 10.1. The monoisotopic (exact) mass is 420 g/mol. The highest BCUT2D eigenvalue weighted by molar-refractivity contribution is 6.31. The summed E-state index contributed by atoms with van der Waals surface area (Å²) in [4.78, 5) is 27.3.